The molecule has 1 aromatic carbocycles. The van der Waals surface area contributed by atoms with Crippen LogP contribution in [-0.2, 0) is 6.54 Å². The average molecular weight is 255 g/mol. The molecule has 3 rings (SSSR count). The summed E-state index contributed by atoms with van der Waals surface area (Å²) in [4.78, 5) is 10.9. The first-order chi connectivity index (χ1) is 8.83. The molecule has 0 unspecified atom stereocenters. The molecule has 0 aliphatic carbocycles. The van der Waals surface area contributed by atoms with Gasteiger partial charge in [-0.1, -0.05) is 29.5 Å². The van der Waals surface area contributed by atoms with Crippen molar-refractivity contribution in [2.75, 3.05) is 11.9 Å². The van der Waals surface area contributed by atoms with E-state index in [9.17, 15) is 0 Å². The molecule has 2 aromatic heterocycles. The van der Waals surface area contributed by atoms with Crippen LogP contribution in [0.3, 0.4) is 0 Å². The third-order valence-electron chi connectivity index (χ3n) is 2.75. The Bertz CT molecular complexity index is 615. The van der Waals surface area contributed by atoms with Crippen LogP contribution in [0.4, 0.5) is 5.13 Å². The number of hydrogen-bond donors (Lipinski definition) is 0. The Balaban J connectivity index is 1.86. The fraction of sp³-hybridized carbons (Fsp3) is 0.143. The van der Waals surface area contributed by atoms with Crippen molar-refractivity contribution in [1.29, 1.82) is 0 Å². The maximum atomic E-state index is 4.63. The normalized spacial score (nSPS) is 10.7. The molecule has 0 atom stereocenters. The van der Waals surface area contributed by atoms with E-state index in [1.807, 2.05) is 30.5 Å². The molecule has 0 saturated heterocycles. The van der Waals surface area contributed by atoms with Crippen LogP contribution in [0.25, 0.3) is 10.2 Å². The summed E-state index contributed by atoms with van der Waals surface area (Å²) >= 11 is 1.72. The standard InChI is InChI=1S/C14H13N3S/c1-17(10-11-5-4-8-15-9-11)14-16-12-6-2-3-7-13(12)18-14/h2-9H,10H2,1H3. The molecule has 0 N–H and O–H groups in total. The molecule has 0 spiro atoms. The predicted octanol–water partition coefficient (Wildman–Crippen LogP) is 3.33. The van der Waals surface area contributed by atoms with Crippen LogP contribution in [0.5, 0.6) is 0 Å². The molecule has 18 heavy (non-hydrogen) atoms. The highest BCUT2D eigenvalue weighted by Crippen LogP contribution is 2.28. The number of anilines is 1. The zero-order chi connectivity index (χ0) is 12.4. The van der Waals surface area contributed by atoms with Crippen molar-refractivity contribution in [2.24, 2.45) is 0 Å². The summed E-state index contributed by atoms with van der Waals surface area (Å²) in [7, 11) is 2.06. The highest BCUT2D eigenvalue weighted by molar-refractivity contribution is 7.22. The van der Waals surface area contributed by atoms with E-state index in [0.717, 1.165) is 17.2 Å². The van der Waals surface area contributed by atoms with Gasteiger partial charge in [0, 0.05) is 26.0 Å². The van der Waals surface area contributed by atoms with E-state index < -0.39 is 0 Å². The van der Waals surface area contributed by atoms with Crippen molar-refractivity contribution >= 4 is 26.7 Å². The lowest BCUT2D eigenvalue weighted by Gasteiger charge is -2.14. The Kier molecular flexibility index (Phi) is 2.94. The van der Waals surface area contributed by atoms with Crippen molar-refractivity contribution < 1.29 is 0 Å². The smallest absolute Gasteiger partial charge is 0.186 e. The van der Waals surface area contributed by atoms with Gasteiger partial charge in [0.05, 0.1) is 10.2 Å². The number of aromatic nitrogens is 2. The number of nitrogens with zero attached hydrogens (tertiary/aromatic N) is 3. The minimum atomic E-state index is 0.827. The highest BCUT2D eigenvalue weighted by atomic mass is 32.1. The zero-order valence-corrected chi connectivity index (χ0v) is 10.9. The van der Waals surface area contributed by atoms with E-state index in [2.05, 4.69) is 34.0 Å². The Labute approximate surface area is 110 Å². The van der Waals surface area contributed by atoms with Crippen LogP contribution in [0, 0.1) is 0 Å². The van der Waals surface area contributed by atoms with Crippen molar-refractivity contribution in [1.82, 2.24) is 9.97 Å². The van der Waals surface area contributed by atoms with E-state index in [-0.39, 0.29) is 0 Å². The Morgan fingerprint density at radius 3 is 2.83 bits per heavy atom. The summed E-state index contributed by atoms with van der Waals surface area (Å²) in [6.07, 6.45) is 3.69. The van der Waals surface area contributed by atoms with Crippen LogP contribution < -0.4 is 4.90 Å². The summed E-state index contributed by atoms with van der Waals surface area (Å²) in [6, 6.07) is 12.3. The van der Waals surface area contributed by atoms with Crippen LogP contribution in [0.1, 0.15) is 5.56 Å². The van der Waals surface area contributed by atoms with Crippen LogP contribution in [0.2, 0.25) is 0 Å². The van der Waals surface area contributed by atoms with Crippen LogP contribution >= 0.6 is 11.3 Å². The van der Waals surface area contributed by atoms with Gasteiger partial charge in [-0.25, -0.2) is 4.98 Å². The van der Waals surface area contributed by atoms with Gasteiger partial charge in [0.2, 0.25) is 0 Å². The lowest BCUT2D eigenvalue weighted by atomic mass is 10.3. The van der Waals surface area contributed by atoms with Gasteiger partial charge in [-0.3, -0.25) is 4.98 Å². The minimum Gasteiger partial charge on any atom is -0.347 e. The Hall–Kier alpha value is -1.94. The SMILES string of the molecule is CN(Cc1cccnc1)c1nc2ccccc2s1. The summed E-state index contributed by atoms with van der Waals surface area (Å²) < 4.78 is 1.23. The number of fused-ring (bicyclic) bond motifs is 1. The first-order valence-electron chi connectivity index (χ1n) is 5.78. The van der Waals surface area contributed by atoms with Gasteiger partial charge in [-0.2, -0.15) is 0 Å². The fourth-order valence-electron chi connectivity index (χ4n) is 1.86. The summed E-state index contributed by atoms with van der Waals surface area (Å²) in [6.45, 7) is 0.827. The van der Waals surface area contributed by atoms with Crippen LogP contribution in [-0.4, -0.2) is 17.0 Å². The van der Waals surface area contributed by atoms with Gasteiger partial charge in [0.15, 0.2) is 5.13 Å². The van der Waals surface area contributed by atoms with E-state index in [4.69, 9.17) is 0 Å². The van der Waals surface area contributed by atoms with Gasteiger partial charge in [0.1, 0.15) is 0 Å². The third-order valence-corrected chi connectivity index (χ3v) is 3.90. The van der Waals surface area contributed by atoms with Crippen LogP contribution in [0.15, 0.2) is 48.8 Å². The number of hydrogen-bond acceptors (Lipinski definition) is 4. The summed E-state index contributed by atoms with van der Waals surface area (Å²) in [5.74, 6) is 0. The molecule has 0 fully saturated rings. The molecular weight excluding hydrogens is 242 g/mol. The molecule has 3 nitrogen and oxygen atoms in total. The van der Waals surface area contributed by atoms with Gasteiger partial charge >= 0.3 is 0 Å². The average Bonchev–Trinajstić information content (AvgIpc) is 2.84. The molecule has 0 amide bonds. The number of para-hydroxylation sites is 1. The summed E-state index contributed by atoms with van der Waals surface area (Å²) in [5.41, 5.74) is 2.26. The maximum absolute atomic E-state index is 4.63. The summed E-state index contributed by atoms with van der Waals surface area (Å²) in [5, 5.41) is 1.04. The molecule has 0 aliphatic rings. The fourth-order valence-corrected chi connectivity index (χ4v) is 2.78. The second-order valence-corrected chi connectivity index (χ2v) is 5.19. The molecule has 90 valence electrons. The molecule has 0 saturated carbocycles. The number of rotatable bonds is 3. The molecule has 4 heteroatoms. The maximum Gasteiger partial charge on any atom is 0.186 e. The van der Waals surface area contributed by atoms with E-state index >= 15 is 0 Å². The first kappa shape index (κ1) is 11.2. The van der Waals surface area contributed by atoms with Gasteiger partial charge in [0.25, 0.3) is 0 Å². The quantitative estimate of drug-likeness (QED) is 0.719. The topological polar surface area (TPSA) is 29.0 Å². The molecule has 0 bridgehead atoms. The largest absolute Gasteiger partial charge is 0.347 e. The van der Waals surface area contributed by atoms with E-state index in [0.29, 0.717) is 0 Å². The Morgan fingerprint density at radius 1 is 1.17 bits per heavy atom. The lowest BCUT2D eigenvalue weighted by molar-refractivity contribution is 0.910. The van der Waals surface area contributed by atoms with Crippen molar-refractivity contribution in [3.63, 3.8) is 0 Å². The lowest BCUT2D eigenvalue weighted by Crippen LogP contribution is -2.15. The molecule has 0 aliphatic heterocycles. The second-order valence-electron chi connectivity index (χ2n) is 4.18. The number of thiazole rings is 1. The monoisotopic (exact) mass is 255 g/mol. The minimum absolute atomic E-state index is 0.827. The van der Waals surface area contributed by atoms with Crippen molar-refractivity contribution in [3.8, 4) is 0 Å². The van der Waals surface area contributed by atoms with E-state index in [1.54, 1.807) is 17.5 Å². The van der Waals surface area contributed by atoms with Crippen molar-refractivity contribution in [2.45, 2.75) is 6.54 Å². The number of pyridine rings is 1. The van der Waals surface area contributed by atoms with Gasteiger partial charge in [-0.15, -0.1) is 0 Å². The van der Waals surface area contributed by atoms with Gasteiger partial charge in [-0.05, 0) is 23.8 Å². The molecular formula is C14H13N3S. The Morgan fingerprint density at radius 2 is 2.06 bits per heavy atom. The molecule has 0 radical (unpaired) electrons. The highest BCUT2D eigenvalue weighted by Gasteiger charge is 2.08. The van der Waals surface area contributed by atoms with Crippen molar-refractivity contribution in [3.05, 3.63) is 54.4 Å². The zero-order valence-electron chi connectivity index (χ0n) is 10.1. The second kappa shape index (κ2) is 4.74. The van der Waals surface area contributed by atoms with E-state index in [1.165, 1.54) is 10.3 Å². The molecule has 2 heterocycles. The van der Waals surface area contributed by atoms with Gasteiger partial charge < -0.3 is 4.90 Å². The first-order valence-corrected chi connectivity index (χ1v) is 6.60. The predicted molar refractivity (Wildman–Crippen MR) is 76.0 cm³/mol. The number of benzene rings is 1. The molecule has 3 aromatic rings. The third kappa shape index (κ3) is 2.19.